The zero-order valence-electron chi connectivity index (χ0n) is 15.8. The molecule has 2 bridgehead atoms. The predicted octanol–water partition coefficient (Wildman–Crippen LogP) is 1.70. The quantitative estimate of drug-likeness (QED) is 0.882. The van der Waals surface area contributed by atoms with Gasteiger partial charge in [0.05, 0.1) is 23.4 Å². The molecule has 1 N–H and O–H groups in total. The second kappa shape index (κ2) is 5.75. The maximum Gasteiger partial charge on any atom is 0.233 e. The van der Waals surface area contributed by atoms with Crippen LogP contribution in [0.15, 0.2) is 0 Å². The Bertz CT molecular complexity index is 866. The topological polar surface area (TPSA) is 112 Å². The van der Waals surface area contributed by atoms with Gasteiger partial charge in [-0.3, -0.25) is 4.79 Å². The van der Waals surface area contributed by atoms with E-state index < -0.39 is 10.8 Å². The number of hydrogen-bond donors (Lipinski definition) is 1. The highest BCUT2D eigenvalue weighted by Crippen LogP contribution is 2.70. The van der Waals surface area contributed by atoms with Crippen molar-refractivity contribution in [3.05, 3.63) is 22.8 Å². The van der Waals surface area contributed by atoms with Crippen LogP contribution in [-0.2, 0) is 20.4 Å². The van der Waals surface area contributed by atoms with Gasteiger partial charge in [-0.2, -0.15) is 10.5 Å². The Kier molecular flexibility index (Phi) is 4.05. The average molecular weight is 353 g/mol. The van der Waals surface area contributed by atoms with E-state index in [0.717, 1.165) is 6.42 Å². The van der Waals surface area contributed by atoms with Gasteiger partial charge in [0.15, 0.2) is 11.4 Å². The molecule has 1 heterocycles. The number of aromatic nitrogens is 2. The summed E-state index contributed by atoms with van der Waals surface area (Å²) in [6, 6.07) is 3.76. The number of nitriles is 2. The fourth-order valence-electron chi connectivity index (χ4n) is 4.78. The molecule has 1 aromatic heterocycles. The molecule has 26 heavy (non-hydrogen) atoms. The van der Waals surface area contributed by atoms with Crippen LogP contribution in [0.5, 0.6) is 0 Å². The lowest BCUT2D eigenvalue weighted by atomic mass is 9.63. The molecule has 136 valence electrons. The van der Waals surface area contributed by atoms with Crippen LogP contribution in [0.3, 0.4) is 0 Å². The van der Waals surface area contributed by atoms with Crippen LogP contribution in [-0.4, -0.2) is 35.6 Å². The van der Waals surface area contributed by atoms with Gasteiger partial charge in [0.2, 0.25) is 5.91 Å². The smallest absolute Gasteiger partial charge is 0.233 e. The first-order valence-electron chi connectivity index (χ1n) is 8.72. The third kappa shape index (κ3) is 1.98. The monoisotopic (exact) mass is 353 g/mol. The summed E-state index contributed by atoms with van der Waals surface area (Å²) in [5.74, 6) is -0.113. The maximum absolute atomic E-state index is 13.4. The molecule has 1 fully saturated rings. The molecular weight excluding hydrogens is 330 g/mol. The summed E-state index contributed by atoms with van der Waals surface area (Å²) in [6.07, 6.45) is 1.42. The molecule has 0 radical (unpaired) electrons. The number of carbonyl (C=O) groups is 1. The molecule has 0 saturated heterocycles. The van der Waals surface area contributed by atoms with Gasteiger partial charge in [-0.15, -0.1) is 0 Å². The molecule has 2 aliphatic carbocycles. The van der Waals surface area contributed by atoms with Crippen molar-refractivity contribution in [1.82, 2.24) is 15.3 Å². The minimum absolute atomic E-state index is 0.0182. The summed E-state index contributed by atoms with van der Waals surface area (Å²) < 4.78 is 5.13. The van der Waals surface area contributed by atoms with E-state index in [9.17, 15) is 15.3 Å². The first kappa shape index (κ1) is 18.3. The fraction of sp³-hybridized carbons (Fsp3) is 0.632. The van der Waals surface area contributed by atoms with E-state index in [0.29, 0.717) is 24.4 Å². The van der Waals surface area contributed by atoms with Crippen LogP contribution in [0.2, 0.25) is 0 Å². The summed E-state index contributed by atoms with van der Waals surface area (Å²) in [5.41, 5.74) is -0.454. The van der Waals surface area contributed by atoms with Gasteiger partial charge in [0.1, 0.15) is 12.1 Å². The molecule has 1 amide bonds. The van der Waals surface area contributed by atoms with Gasteiger partial charge in [0, 0.05) is 18.6 Å². The summed E-state index contributed by atoms with van der Waals surface area (Å²) in [7, 11) is 1.59. The van der Waals surface area contributed by atoms with Crippen molar-refractivity contribution in [1.29, 1.82) is 10.5 Å². The lowest BCUT2D eigenvalue weighted by Gasteiger charge is -2.40. The van der Waals surface area contributed by atoms with Crippen molar-refractivity contribution in [2.75, 3.05) is 13.7 Å². The minimum atomic E-state index is -0.869. The van der Waals surface area contributed by atoms with Crippen LogP contribution < -0.4 is 5.32 Å². The van der Waals surface area contributed by atoms with Gasteiger partial charge in [-0.05, 0) is 25.2 Å². The Hall–Kier alpha value is -2.51. The lowest BCUT2D eigenvalue weighted by molar-refractivity contribution is -0.131. The first-order valence-corrected chi connectivity index (χ1v) is 8.72. The van der Waals surface area contributed by atoms with Crippen molar-refractivity contribution in [3.63, 3.8) is 0 Å². The summed E-state index contributed by atoms with van der Waals surface area (Å²) in [5, 5.41) is 21.7. The van der Waals surface area contributed by atoms with Gasteiger partial charge in [-0.1, -0.05) is 20.8 Å². The number of hydrogen-bond acceptors (Lipinski definition) is 6. The third-order valence-electron chi connectivity index (χ3n) is 6.66. The van der Waals surface area contributed by atoms with Crippen LogP contribution >= 0.6 is 0 Å². The predicted molar refractivity (Wildman–Crippen MR) is 93.0 cm³/mol. The van der Waals surface area contributed by atoms with Gasteiger partial charge < -0.3 is 10.1 Å². The molecule has 0 spiro atoms. The van der Waals surface area contributed by atoms with Crippen molar-refractivity contribution in [3.8, 4) is 12.1 Å². The van der Waals surface area contributed by atoms with Crippen LogP contribution in [0, 0.1) is 28.1 Å². The number of ether oxygens (including phenoxy) is 1. The normalized spacial score (nSPS) is 28.7. The third-order valence-corrected chi connectivity index (χ3v) is 6.66. The molecular formula is C19H23N5O2. The number of nitrogens with one attached hydrogen (secondary N) is 1. The number of fused-ring (bicyclic) bond motifs is 5. The van der Waals surface area contributed by atoms with E-state index in [1.54, 1.807) is 7.11 Å². The van der Waals surface area contributed by atoms with E-state index in [-0.39, 0.29) is 28.8 Å². The molecule has 1 saturated carbocycles. The zero-order valence-corrected chi connectivity index (χ0v) is 15.8. The van der Waals surface area contributed by atoms with E-state index in [4.69, 9.17) is 4.74 Å². The highest BCUT2D eigenvalue weighted by atomic mass is 16.5. The summed E-state index contributed by atoms with van der Waals surface area (Å²) in [4.78, 5) is 22.4. The van der Waals surface area contributed by atoms with Gasteiger partial charge in [-0.25, -0.2) is 9.97 Å². The Morgan fingerprint density at radius 1 is 1.19 bits per heavy atom. The molecule has 0 aromatic carbocycles. The molecule has 2 aliphatic rings. The van der Waals surface area contributed by atoms with Crippen molar-refractivity contribution in [2.24, 2.45) is 5.41 Å². The van der Waals surface area contributed by atoms with Gasteiger partial charge in [0.25, 0.3) is 0 Å². The van der Waals surface area contributed by atoms with Gasteiger partial charge >= 0.3 is 0 Å². The second-order valence-corrected chi connectivity index (χ2v) is 8.03. The number of nitrogens with zero attached hydrogens (tertiary/aromatic N) is 4. The van der Waals surface area contributed by atoms with E-state index >= 15 is 0 Å². The van der Waals surface area contributed by atoms with Crippen LogP contribution in [0.4, 0.5) is 0 Å². The molecule has 3 rings (SSSR count). The molecule has 7 heteroatoms. The minimum Gasteiger partial charge on any atom is -0.383 e. The highest BCUT2D eigenvalue weighted by molar-refractivity contribution is 5.92. The Labute approximate surface area is 153 Å². The largest absolute Gasteiger partial charge is 0.383 e. The number of carbonyl (C=O) groups excluding carboxylic acids is 1. The van der Waals surface area contributed by atoms with Crippen molar-refractivity contribution >= 4 is 5.91 Å². The standard InChI is InChI=1S/C19H23N5O2/c1-11(10-26-5)22-16(25)19-7-6-18(4,17(19,2)3)14-15(19)24-13(9-21)12(8-20)23-14/h11H,6-7,10H2,1-5H3,(H,22,25). The average Bonchev–Trinajstić information content (AvgIpc) is 2.89. The van der Waals surface area contributed by atoms with Crippen LogP contribution in [0.1, 0.15) is 63.3 Å². The molecule has 3 atom stereocenters. The highest BCUT2D eigenvalue weighted by Gasteiger charge is 2.73. The SMILES string of the molecule is COCC(C)NC(=O)C12CCC(C)(c3nc(C#N)c(C#N)nc31)C2(C)C. The summed E-state index contributed by atoms with van der Waals surface area (Å²) in [6.45, 7) is 8.49. The molecule has 0 aliphatic heterocycles. The van der Waals surface area contributed by atoms with E-state index in [1.807, 2.05) is 19.1 Å². The van der Waals surface area contributed by atoms with Crippen molar-refractivity contribution in [2.45, 2.75) is 57.4 Å². The Morgan fingerprint density at radius 2 is 1.77 bits per heavy atom. The first-order chi connectivity index (χ1) is 12.2. The fourth-order valence-corrected chi connectivity index (χ4v) is 4.78. The number of methoxy groups -OCH3 is 1. The lowest BCUT2D eigenvalue weighted by Crippen LogP contribution is -2.53. The Morgan fingerprint density at radius 3 is 2.31 bits per heavy atom. The van der Waals surface area contributed by atoms with E-state index in [1.165, 1.54) is 0 Å². The second-order valence-electron chi connectivity index (χ2n) is 8.03. The maximum atomic E-state index is 13.4. The Balaban J connectivity index is 2.20. The number of rotatable bonds is 4. The zero-order chi connectivity index (χ0) is 19.3. The van der Waals surface area contributed by atoms with Crippen molar-refractivity contribution < 1.29 is 9.53 Å². The molecule has 1 aromatic rings. The summed E-state index contributed by atoms with van der Waals surface area (Å²) >= 11 is 0. The molecule has 3 unspecified atom stereocenters. The van der Waals surface area contributed by atoms with E-state index in [2.05, 4.69) is 36.1 Å². The number of amides is 1. The molecule has 7 nitrogen and oxygen atoms in total. The van der Waals surface area contributed by atoms with Crippen LogP contribution in [0.25, 0.3) is 0 Å².